The van der Waals surface area contributed by atoms with Crippen LogP contribution in [0, 0.1) is 5.92 Å². The lowest BCUT2D eigenvalue weighted by molar-refractivity contribution is -0.129. The van der Waals surface area contributed by atoms with E-state index in [4.69, 9.17) is 5.73 Å². The second kappa shape index (κ2) is 6.29. The van der Waals surface area contributed by atoms with Gasteiger partial charge in [-0.2, -0.15) is 0 Å². The molecular weight excluding hydrogens is 262 g/mol. The van der Waals surface area contributed by atoms with E-state index < -0.39 is 12.1 Å². The molecule has 0 bridgehead atoms. The van der Waals surface area contributed by atoms with Crippen LogP contribution in [-0.2, 0) is 11.2 Å². The molecule has 1 aromatic heterocycles. The van der Waals surface area contributed by atoms with Gasteiger partial charge in [0.2, 0.25) is 5.91 Å². The lowest BCUT2D eigenvalue weighted by atomic mass is 10.0. The number of likely N-dealkylation sites (tertiary alicyclic amines) is 1. The van der Waals surface area contributed by atoms with Gasteiger partial charge in [0, 0.05) is 37.6 Å². The number of nitrogens with one attached hydrogen (secondary N) is 1. The molecule has 0 radical (unpaired) electrons. The lowest BCUT2D eigenvalue weighted by Crippen LogP contribution is -2.41. The highest BCUT2D eigenvalue weighted by Crippen LogP contribution is 2.20. The zero-order valence-electron chi connectivity index (χ0n) is 10.9. The minimum Gasteiger partial charge on any atom is -0.391 e. The van der Waals surface area contributed by atoms with Crippen LogP contribution in [-0.4, -0.2) is 57.7 Å². The number of urea groups is 1. The number of nitrogens with zero attached hydrogens (tertiary/aromatic N) is 3. The molecular formula is C12H17N5O3. The van der Waals surface area contributed by atoms with Crippen molar-refractivity contribution in [1.29, 1.82) is 0 Å². The highest BCUT2D eigenvalue weighted by Gasteiger charge is 2.34. The minimum atomic E-state index is -0.741. The van der Waals surface area contributed by atoms with E-state index in [1.165, 1.54) is 4.90 Å². The van der Waals surface area contributed by atoms with E-state index in [0.717, 1.165) is 5.69 Å². The van der Waals surface area contributed by atoms with Crippen molar-refractivity contribution in [3.63, 3.8) is 0 Å². The summed E-state index contributed by atoms with van der Waals surface area (Å²) in [6.07, 6.45) is 4.78. The number of carbonyl (C=O) groups excluding carboxylic acids is 2. The van der Waals surface area contributed by atoms with Gasteiger partial charge < -0.3 is 21.1 Å². The van der Waals surface area contributed by atoms with Crippen molar-refractivity contribution in [1.82, 2.24) is 20.2 Å². The number of carbonyl (C=O) groups is 2. The topological polar surface area (TPSA) is 121 Å². The van der Waals surface area contributed by atoms with Gasteiger partial charge in [0.1, 0.15) is 0 Å². The van der Waals surface area contributed by atoms with Gasteiger partial charge in [0.25, 0.3) is 0 Å². The first-order valence-electron chi connectivity index (χ1n) is 6.30. The van der Waals surface area contributed by atoms with Crippen molar-refractivity contribution < 1.29 is 14.7 Å². The number of nitrogens with two attached hydrogens (primary N) is 1. The van der Waals surface area contributed by atoms with E-state index in [0.29, 0.717) is 13.0 Å². The first kappa shape index (κ1) is 14.2. The Kier molecular flexibility index (Phi) is 4.46. The summed E-state index contributed by atoms with van der Waals surface area (Å²) < 4.78 is 0. The van der Waals surface area contributed by atoms with Gasteiger partial charge in [-0.1, -0.05) is 0 Å². The first-order chi connectivity index (χ1) is 9.56. The Balaban J connectivity index is 1.88. The molecule has 1 aliphatic rings. The fourth-order valence-corrected chi connectivity index (χ4v) is 2.24. The Morgan fingerprint density at radius 3 is 2.90 bits per heavy atom. The summed E-state index contributed by atoms with van der Waals surface area (Å²) in [6, 6.07) is -0.741. The molecule has 8 heteroatoms. The number of aliphatic hydroxyl groups excluding tert-OH is 1. The number of rotatable bonds is 4. The Hall–Kier alpha value is -2.22. The smallest absolute Gasteiger partial charge is 0.312 e. The molecule has 3 amide bonds. The van der Waals surface area contributed by atoms with Gasteiger partial charge >= 0.3 is 6.03 Å². The number of amides is 3. The average Bonchev–Trinajstić information content (AvgIpc) is 2.79. The Morgan fingerprint density at radius 1 is 1.45 bits per heavy atom. The summed E-state index contributed by atoms with van der Waals surface area (Å²) in [5.74, 6) is -0.339. The largest absolute Gasteiger partial charge is 0.391 e. The standard InChI is InChI=1S/C12H17N5O3/c13-12(20)16-5-11(19)17-6-8(10(18)7-17)3-9-4-14-1-2-15-9/h1-2,4,8,10,18H,3,5-7H2,(H3,13,16,20)/t8-,10-/m1/s1. The van der Waals surface area contributed by atoms with Gasteiger partial charge in [0.05, 0.1) is 18.3 Å². The maximum Gasteiger partial charge on any atom is 0.312 e. The maximum absolute atomic E-state index is 11.8. The van der Waals surface area contributed by atoms with Crippen LogP contribution in [0.4, 0.5) is 4.79 Å². The predicted octanol–water partition coefficient (Wildman–Crippen LogP) is -1.49. The molecule has 4 N–H and O–H groups in total. The van der Waals surface area contributed by atoms with Crippen LogP contribution in [0.1, 0.15) is 5.69 Å². The van der Waals surface area contributed by atoms with Crippen LogP contribution in [0.25, 0.3) is 0 Å². The summed E-state index contributed by atoms with van der Waals surface area (Å²) >= 11 is 0. The molecule has 1 fully saturated rings. The molecule has 1 aliphatic heterocycles. The molecule has 0 aliphatic carbocycles. The number of hydrogen-bond donors (Lipinski definition) is 3. The zero-order valence-corrected chi connectivity index (χ0v) is 10.9. The van der Waals surface area contributed by atoms with Crippen molar-refractivity contribution in [2.75, 3.05) is 19.6 Å². The van der Waals surface area contributed by atoms with E-state index in [9.17, 15) is 14.7 Å². The van der Waals surface area contributed by atoms with E-state index in [-0.39, 0.29) is 24.9 Å². The van der Waals surface area contributed by atoms with Crippen LogP contribution < -0.4 is 11.1 Å². The van der Waals surface area contributed by atoms with Gasteiger partial charge in [-0.05, 0) is 6.42 Å². The average molecular weight is 279 g/mol. The van der Waals surface area contributed by atoms with Crippen LogP contribution in [0.15, 0.2) is 18.6 Å². The Labute approximate surface area is 116 Å². The highest BCUT2D eigenvalue weighted by atomic mass is 16.3. The molecule has 2 heterocycles. The van der Waals surface area contributed by atoms with Crippen LogP contribution >= 0.6 is 0 Å². The van der Waals surface area contributed by atoms with Gasteiger partial charge in [-0.3, -0.25) is 14.8 Å². The summed E-state index contributed by atoms with van der Waals surface area (Å²) in [7, 11) is 0. The lowest BCUT2D eigenvalue weighted by Gasteiger charge is -2.15. The molecule has 0 aromatic carbocycles. The van der Waals surface area contributed by atoms with Gasteiger partial charge in [0.15, 0.2) is 0 Å². The van der Waals surface area contributed by atoms with E-state index in [1.54, 1.807) is 18.6 Å². The molecule has 1 aromatic rings. The van der Waals surface area contributed by atoms with Crippen molar-refractivity contribution in [2.45, 2.75) is 12.5 Å². The van der Waals surface area contributed by atoms with Crippen molar-refractivity contribution in [3.05, 3.63) is 24.3 Å². The summed E-state index contributed by atoms with van der Waals surface area (Å²) in [4.78, 5) is 32.0. The third-order valence-electron chi connectivity index (χ3n) is 3.26. The quantitative estimate of drug-likeness (QED) is 0.619. The van der Waals surface area contributed by atoms with E-state index in [2.05, 4.69) is 15.3 Å². The fourth-order valence-electron chi connectivity index (χ4n) is 2.24. The molecule has 20 heavy (non-hydrogen) atoms. The molecule has 8 nitrogen and oxygen atoms in total. The molecule has 2 rings (SSSR count). The summed E-state index contributed by atoms with van der Waals surface area (Å²) in [5, 5.41) is 12.2. The van der Waals surface area contributed by atoms with Crippen molar-refractivity contribution in [3.8, 4) is 0 Å². The number of β-amino-alcohol motifs (C(OH)–C–C–N with tert-alkyl or cyclic N) is 1. The second-order valence-corrected chi connectivity index (χ2v) is 4.74. The predicted molar refractivity (Wildman–Crippen MR) is 69.4 cm³/mol. The monoisotopic (exact) mass is 279 g/mol. The van der Waals surface area contributed by atoms with Gasteiger partial charge in [-0.15, -0.1) is 0 Å². The minimum absolute atomic E-state index is 0.0794. The summed E-state index contributed by atoms with van der Waals surface area (Å²) in [6.45, 7) is 0.529. The highest BCUT2D eigenvalue weighted by molar-refractivity contribution is 5.83. The molecule has 108 valence electrons. The fraction of sp³-hybridized carbons (Fsp3) is 0.500. The van der Waals surface area contributed by atoms with Crippen molar-refractivity contribution >= 4 is 11.9 Å². The molecule has 0 unspecified atom stereocenters. The molecule has 1 saturated heterocycles. The number of hydrogen-bond acceptors (Lipinski definition) is 5. The van der Waals surface area contributed by atoms with E-state index in [1.807, 2.05) is 0 Å². The third kappa shape index (κ3) is 3.64. The van der Waals surface area contributed by atoms with E-state index >= 15 is 0 Å². The third-order valence-corrected chi connectivity index (χ3v) is 3.26. The van der Waals surface area contributed by atoms with Crippen LogP contribution in [0.3, 0.4) is 0 Å². The number of primary amides is 1. The Morgan fingerprint density at radius 2 is 2.25 bits per heavy atom. The normalized spacial score (nSPS) is 21.8. The van der Waals surface area contributed by atoms with Crippen LogP contribution in [0.2, 0.25) is 0 Å². The second-order valence-electron chi connectivity index (χ2n) is 4.74. The van der Waals surface area contributed by atoms with Crippen LogP contribution in [0.5, 0.6) is 0 Å². The molecule has 2 atom stereocenters. The molecule has 0 saturated carbocycles. The number of aromatic nitrogens is 2. The zero-order chi connectivity index (χ0) is 14.5. The molecule has 0 spiro atoms. The summed E-state index contributed by atoms with van der Waals surface area (Å²) in [5.41, 5.74) is 5.69. The van der Waals surface area contributed by atoms with Crippen molar-refractivity contribution in [2.24, 2.45) is 11.7 Å². The first-order valence-corrected chi connectivity index (χ1v) is 6.30. The SMILES string of the molecule is NC(=O)NCC(=O)N1C[C@@H](Cc2cnccn2)[C@H](O)C1. The van der Waals surface area contributed by atoms with Gasteiger partial charge in [-0.25, -0.2) is 4.79 Å². The Bertz CT molecular complexity index is 481. The number of aliphatic hydroxyl groups is 1. The maximum atomic E-state index is 11.8.